The van der Waals surface area contributed by atoms with E-state index in [0.717, 1.165) is 27.7 Å². The number of thioether (sulfide) groups is 1. The molecule has 0 N–H and O–H groups in total. The fraction of sp³-hybridized carbons (Fsp3) is 0.696. The number of nitrogens with zero attached hydrogens (tertiary/aromatic N) is 4. The summed E-state index contributed by atoms with van der Waals surface area (Å²) in [6, 6.07) is 4.95. The number of thiophene rings is 1. The molecule has 2 aliphatic carbocycles. The SMILES string of the molecule is CC(C)N(C(=O)CSc1nnc(-c2cccs2)n1C(C)C1CC2CCC1C2)C(C)C. The van der Waals surface area contributed by atoms with E-state index >= 15 is 0 Å². The summed E-state index contributed by atoms with van der Waals surface area (Å²) in [6.45, 7) is 10.7. The van der Waals surface area contributed by atoms with E-state index in [0.29, 0.717) is 17.7 Å². The second-order valence-corrected chi connectivity index (χ2v) is 11.4. The molecule has 2 saturated carbocycles. The number of carbonyl (C=O) groups is 1. The Balaban J connectivity index is 1.58. The molecule has 2 aromatic heterocycles. The molecule has 164 valence electrons. The lowest BCUT2D eigenvalue weighted by Crippen LogP contribution is -2.43. The zero-order valence-electron chi connectivity index (χ0n) is 18.7. The van der Waals surface area contributed by atoms with E-state index in [1.54, 1.807) is 23.1 Å². The van der Waals surface area contributed by atoms with Gasteiger partial charge in [-0.1, -0.05) is 24.2 Å². The van der Waals surface area contributed by atoms with Gasteiger partial charge < -0.3 is 4.90 Å². The number of hydrogen-bond donors (Lipinski definition) is 0. The summed E-state index contributed by atoms with van der Waals surface area (Å²) in [7, 11) is 0. The molecule has 2 heterocycles. The highest BCUT2D eigenvalue weighted by molar-refractivity contribution is 7.99. The smallest absolute Gasteiger partial charge is 0.233 e. The molecule has 7 heteroatoms. The van der Waals surface area contributed by atoms with Crippen molar-refractivity contribution in [3.8, 4) is 10.7 Å². The molecular weight excluding hydrogens is 412 g/mol. The first-order valence-corrected chi connectivity index (χ1v) is 13.2. The van der Waals surface area contributed by atoms with Crippen LogP contribution in [-0.4, -0.2) is 43.4 Å². The molecule has 0 saturated heterocycles. The van der Waals surface area contributed by atoms with Crippen LogP contribution in [-0.2, 0) is 4.79 Å². The Hall–Kier alpha value is -1.34. The summed E-state index contributed by atoms with van der Waals surface area (Å²) < 4.78 is 2.34. The second-order valence-electron chi connectivity index (χ2n) is 9.51. The highest BCUT2D eigenvalue weighted by Crippen LogP contribution is 2.53. The van der Waals surface area contributed by atoms with Gasteiger partial charge in [0.05, 0.1) is 10.6 Å². The molecule has 4 atom stereocenters. The third-order valence-electron chi connectivity index (χ3n) is 6.95. The molecule has 4 unspecified atom stereocenters. The van der Waals surface area contributed by atoms with Crippen LogP contribution in [0.3, 0.4) is 0 Å². The summed E-state index contributed by atoms with van der Waals surface area (Å²) in [5.41, 5.74) is 0. The Bertz CT molecular complexity index is 853. The number of carbonyl (C=O) groups excluding carboxylic acids is 1. The lowest BCUT2D eigenvalue weighted by atomic mass is 9.84. The predicted molar refractivity (Wildman–Crippen MR) is 125 cm³/mol. The lowest BCUT2D eigenvalue weighted by molar-refractivity contribution is -0.131. The van der Waals surface area contributed by atoms with Crippen LogP contribution >= 0.6 is 23.1 Å². The van der Waals surface area contributed by atoms with Crippen molar-refractivity contribution in [2.45, 2.75) is 83.6 Å². The summed E-state index contributed by atoms with van der Waals surface area (Å²) >= 11 is 3.25. The average Bonchev–Trinajstić information content (AvgIpc) is 3.49. The summed E-state index contributed by atoms with van der Waals surface area (Å²) in [6.07, 6.45) is 5.49. The Morgan fingerprint density at radius 2 is 1.97 bits per heavy atom. The summed E-state index contributed by atoms with van der Waals surface area (Å²) in [5, 5.41) is 12.1. The van der Waals surface area contributed by atoms with E-state index in [4.69, 9.17) is 0 Å². The van der Waals surface area contributed by atoms with Gasteiger partial charge >= 0.3 is 0 Å². The molecule has 0 aliphatic heterocycles. The Morgan fingerprint density at radius 3 is 2.53 bits per heavy atom. The lowest BCUT2D eigenvalue weighted by Gasteiger charge is -2.31. The number of aromatic nitrogens is 3. The maximum Gasteiger partial charge on any atom is 0.233 e. The van der Waals surface area contributed by atoms with Gasteiger partial charge in [-0.3, -0.25) is 9.36 Å². The number of fused-ring (bicyclic) bond motifs is 2. The number of amides is 1. The summed E-state index contributed by atoms with van der Waals surface area (Å²) in [5.74, 6) is 3.97. The zero-order valence-corrected chi connectivity index (χ0v) is 20.4. The monoisotopic (exact) mass is 446 g/mol. The van der Waals surface area contributed by atoms with Crippen molar-refractivity contribution in [2.75, 3.05) is 5.75 Å². The highest BCUT2D eigenvalue weighted by Gasteiger charge is 2.43. The molecule has 2 aromatic rings. The Morgan fingerprint density at radius 1 is 1.20 bits per heavy atom. The molecule has 0 aromatic carbocycles. The maximum atomic E-state index is 12.9. The first kappa shape index (κ1) is 21.9. The molecule has 2 bridgehead atoms. The topological polar surface area (TPSA) is 51.0 Å². The number of rotatable bonds is 8. The van der Waals surface area contributed by atoms with Gasteiger partial charge in [-0.15, -0.1) is 21.5 Å². The summed E-state index contributed by atoms with van der Waals surface area (Å²) in [4.78, 5) is 16.0. The van der Waals surface area contributed by atoms with E-state index in [-0.39, 0.29) is 18.0 Å². The van der Waals surface area contributed by atoms with Crippen LogP contribution in [0.4, 0.5) is 0 Å². The van der Waals surface area contributed by atoms with Gasteiger partial charge in [0.2, 0.25) is 5.91 Å². The molecule has 30 heavy (non-hydrogen) atoms. The fourth-order valence-electron chi connectivity index (χ4n) is 5.77. The van der Waals surface area contributed by atoms with Gasteiger partial charge in [0, 0.05) is 18.1 Å². The minimum atomic E-state index is 0.171. The average molecular weight is 447 g/mol. The molecule has 2 fully saturated rings. The molecule has 4 rings (SSSR count). The normalized spacial score (nSPS) is 24.2. The fourth-order valence-corrected chi connectivity index (χ4v) is 7.36. The van der Waals surface area contributed by atoms with E-state index < -0.39 is 0 Å². The second kappa shape index (κ2) is 9.03. The van der Waals surface area contributed by atoms with Crippen molar-refractivity contribution in [1.29, 1.82) is 0 Å². The molecular formula is C23H34N4OS2. The largest absolute Gasteiger partial charge is 0.337 e. The first-order valence-electron chi connectivity index (χ1n) is 11.3. The van der Waals surface area contributed by atoms with E-state index in [2.05, 4.69) is 66.9 Å². The van der Waals surface area contributed by atoms with Gasteiger partial charge in [0.1, 0.15) is 0 Å². The maximum absolute atomic E-state index is 12.9. The zero-order chi connectivity index (χ0) is 21.4. The van der Waals surface area contributed by atoms with Gasteiger partial charge in [-0.05, 0) is 83.1 Å². The quantitative estimate of drug-likeness (QED) is 0.485. The van der Waals surface area contributed by atoms with Crippen LogP contribution in [0.1, 0.15) is 66.3 Å². The van der Waals surface area contributed by atoms with Gasteiger partial charge in [0.25, 0.3) is 0 Å². The third kappa shape index (κ3) is 4.20. The van der Waals surface area contributed by atoms with Crippen molar-refractivity contribution >= 4 is 29.0 Å². The van der Waals surface area contributed by atoms with Gasteiger partial charge in [-0.25, -0.2) is 0 Å². The van der Waals surface area contributed by atoms with Crippen molar-refractivity contribution in [2.24, 2.45) is 17.8 Å². The molecule has 1 amide bonds. The standard InChI is InChI=1S/C23H34N4OS2/c1-14(2)26(15(3)4)21(28)13-30-23-25-24-22(20-7-6-10-29-20)27(23)16(5)19-12-17-8-9-18(19)11-17/h6-7,10,14-19H,8-9,11-13H2,1-5H3. The van der Waals surface area contributed by atoms with Gasteiger partial charge in [-0.2, -0.15) is 0 Å². The van der Waals surface area contributed by atoms with Crippen molar-refractivity contribution < 1.29 is 4.79 Å². The van der Waals surface area contributed by atoms with E-state index in [9.17, 15) is 4.79 Å². The predicted octanol–water partition coefficient (Wildman–Crippen LogP) is 5.74. The molecule has 5 nitrogen and oxygen atoms in total. The van der Waals surface area contributed by atoms with E-state index in [1.165, 1.54) is 25.7 Å². The molecule has 0 spiro atoms. The van der Waals surface area contributed by atoms with Crippen molar-refractivity contribution in [3.63, 3.8) is 0 Å². The highest BCUT2D eigenvalue weighted by atomic mass is 32.2. The minimum absolute atomic E-state index is 0.171. The van der Waals surface area contributed by atoms with Crippen LogP contribution in [0, 0.1) is 17.8 Å². The van der Waals surface area contributed by atoms with Crippen LogP contribution in [0.2, 0.25) is 0 Å². The Labute approximate surface area is 188 Å². The van der Waals surface area contributed by atoms with Crippen LogP contribution in [0.5, 0.6) is 0 Å². The van der Waals surface area contributed by atoms with Crippen LogP contribution in [0.15, 0.2) is 22.7 Å². The van der Waals surface area contributed by atoms with Crippen LogP contribution in [0.25, 0.3) is 10.7 Å². The minimum Gasteiger partial charge on any atom is -0.337 e. The first-order chi connectivity index (χ1) is 14.4. The Kier molecular flexibility index (Phi) is 6.58. The van der Waals surface area contributed by atoms with Crippen molar-refractivity contribution in [3.05, 3.63) is 17.5 Å². The van der Waals surface area contributed by atoms with Crippen molar-refractivity contribution in [1.82, 2.24) is 19.7 Å². The number of hydrogen-bond acceptors (Lipinski definition) is 5. The van der Waals surface area contributed by atoms with Crippen LogP contribution < -0.4 is 0 Å². The molecule has 2 aliphatic rings. The molecule has 0 radical (unpaired) electrons. The van der Waals surface area contributed by atoms with E-state index in [1.807, 2.05) is 4.90 Å². The van der Waals surface area contributed by atoms with Gasteiger partial charge in [0.15, 0.2) is 11.0 Å². The third-order valence-corrected chi connectivity index (χ3v) is 8.74.